The minimum absolute atomic E-state index is 0.0175. The van der Waals surface area contributed by atoms with Crippen molar-refractivity contribution < 1.29 is 19.5 Å². The van der Waals surface area contributed by atoms with E-state index < -0.39 is 12.0 Å². The molecule has 6 nitrogen and oxygen atoms in total. The Morgan fingerprint density at radius 1 is 1.32 bits per heavy atom. The van der Waals surface area contributed by atoms with Crippen molar-refractivity contribution in [3.8, 4) is 0 Å². The molecule has 0 saturated heterocycles. The third-order valence-electron chi connectivity index (χ3n) is 2.42. The van der Waals surface area contributed by atoms with Gasteiger partial charge >= 0.3 is 5.97 Å². The molecule has 0 heterocycles. The van der Waals surface area contributed by atoms with Gasteiger partial charge in [-0.2, -0.15) is 0 Å². The first kappa shape index (κ1) is 17.8. The highest BCUT2D eigenvalue weighted by Crippen LogP contribution is 2.06. The second-order valence-electron chi connectivity index (χ2n) is 4.07. The van der Waals surface area contributed by atoms with Gasteiger partial charge < -0.3 is 15.3 Å². The second-order valence-corrected chi connectivity index (χ2v) is 5.10. The summed E-state index contributed by atoms with van der Waals surface area (Å²) in [7, 11) is 0. The lowest BCUT2D eigenvalue weighted by atomic mass is 10.3. The number of carboxylic acid groups (broad SMARTS) is 1. The minimum Gasteiger partial charge on any atom is -0.480 e. The number of carbonyl (C=O) groups excluding carboxylic acids is 2. The number of rotatable bonds is 11. The van der Waals surface area contributed by atoms with Crippen LogP contribution in [0.25, 0.3) is 0 Å². The number of hydrogen-bond donors (Lipinski definition) is 2. The van der Waals surface area contributed by atoms with Crippen molar-refractivity contribution in [3.63, 3.8) is 0 Å². The molecule has 0 aliphatic heterocycles. The molecular weight excluding hydrogens is 268 g/mol. The molecule has 0 saturated carbocycles. The Bertz CT molecular complexity index is 293. The molecule has 110 valence electrons. The minimum atomic E-state index is -1.09. The molecule has 0 aromatic heterocycles. The first-order chi connectivity index (χ1) is 9.06. The van der Waals surface area contributed by atoms with E-state index >= 15 is 0 Å². The molecule has 1 unspecified atom stereocenters. The van der Waals surface area contributed by atoms with E-state index in [-0.39, 0.29) is 17.4 Å². The van der Waals surface area contributed by atoms with Gasteiger partial charge in [0.2, 0.25) is 12.3 Å². The average molecular weight is 290 g/mol. The van der Waals surface area contributed by atoms with Gasteiger partial charge in [-0.05, 0) is 12.8 Å². The maximum Gasteiger partial charge on any atom is 0.327 e. The fraction of sp³-hybridized carbons (Fsp3) is 0.750. The number of thioether (sulfide) groups is 1. The van der Waals surface area contributed by atoms with Gasteiger partial charge in [0.15, 0.2) is 0 Å². The van der Waals surface area contributed by atoms with Crippen LogP contribution in [-0.4, -0.2) is 58.9 Å². The van der Waals surface area contributed by atoms with Gasteiger partial charge in [-0.1, -0.05) is 13.8 Å². The molecule has 0 aliphatic carbocycles. The highest BCUT2D eigenvalue weighted by molar-refractivity contribution is 8.00. The van der Waals surface area contributed by atoms with E-state index in [1.807, 2.05) is 13.8 Å². The van der Waals surface area contributed by atoms with Crippen LogP contribution < -0.4 is 5.32 Å². The first-order valence-corrected chi connectivity index (χ1v) is 7.50. The summed E-state index contributed by atoms with van der Waals surface area (Å²) in [4.78, 5) is 34.7. The molecule has 0 aromatic rings. The van der Waals surface area contributed by atoms with Crippen LogP contribution in [0, 0.1) is 0 Å². The van der Waals surface area contributed by atoms with Crippen LogP contribution >= 0.6 is 11.8 Å². The van der Waals surface area contributed by atoms with Crippen LogP contribution in [0.5, 0.6) is 0 Å². The number of nitrogens with one attached hydrogen (secondary N) is 1. The Morgan fingerprint density at radius 2 is 1.89 bits per heavy atom. The molecule has 2 N–H and O–H groups in total. The van der Waals surface area contributed by atoms with Crippen LogP contribution in [-0.2, 0) is 14.4 Å². The summed E-state index contributed by atoms with van der Waals surface area (Å²) >= 11 is 1.22. The fourth-order valence-corrected chi connectivity index (χ4v) is 2.48. The van der Waals surface area contributed by atoms with Gasteiger partial charge in [0.25, 0.3) is 0 Å². The van der Waals surface area contributed by atoms with Crippen molar-refractivity contribution in [3.05, 3.63) is 0 Å². The van der Waals surface area contributed by atoms with Crippen LogP contribution in [0.15, 0.2) is 0 Å². The lowest BCUT2D eigenvalue weighted by molar-refractivity contribution is -0.139. The lowest BCUT2D eigenvalue weighted by Gasteiger charge is -2.21. The molecule has 0 rings (SSSR count). The Labute approximate surface area is 117 Å². The van der Waals surface area contributed by atoms with Crippen molar-refractivity contribution in [2.75, 3.05) is 24.6 Å². The number of aliphatic carboxylic acids is 1. The van der Waals surface area contributed by atoms with Gasteiger partial charge in [-0.25, -0.2) is 4.79 Å². The third-order valence-corrected chi connectivity index (χ3v) is 3.44. The molecule has 0 spiro atoms. The zero-order valence-electron chi connectivity index (χ0n) is 11.4. The summed E-state index contributed by atoms with van der Waals surface area (Å²) in [6.45, 7) is 5.47. The van der Waals surface area contributed by atoms with Crippen LogP contribution in [0.2, 0.25) is 0 Å². The number of nitrogens with zero attached hydrogens (tertiary/aromatic N) is 1. The van der Waals surface area contributed by atoms with Crippen molar-refractivity contribution in [2.45, 2.75) is 32.7 Å². The summed E-state index contributed by atoms with van der Waals surface area (Å²) in [6, 6.07) is -0.943. The number of carbonyl (C=O) groups is 3. The van der Waals surface area contributed by atoms with E-state index in [4.69, 9.17) is 5.11 Å². The summed E-state index contributed by atoms with van der Waals surface area (Å²) in [6.07, 6.45) is 2.17. The number of amides is 2. The molecule has 19 heavy (non-hydrogen) atoms. The molecular formula is C12H22N2O4S. The summed E-state index contributed by atoms with van der Waals surface area (Å²) in [5.41, 5.74) is 0. The van der Waals surface area contributed by atoms with E-state index in [9.17, 15) is 14.4 Å². The van der Waals surface area contributed by atoms with Gasteiger partial charge in [0.05, 0.1) is 5.75 Å². The smallest absolute Gasteiger partial charge is 0.327 e. The van der Waals surface area contributed by atoms with Gasteiger partial charge in [-0.15, -0.1) is 11.8 Å². The highest BCUT2D eigenvalue weighted by Gasteiger charge is 2.18. The van der Waals surface area contributed by atoms with Crippen molar-refractivity contribution >= 4 is 30.0 Å². The Kier molecular flexibility index (Phi) is 9.97. The maximum atomic E-state index is 11.9. The second kappa shape index (κ2) is 10.7. The number of carboxylic acids is 1. The maximum absolute atomic E-state index is 11.9. The van der Waals surface area contributed by atoms with Gasteiger partial charge in [0.1, 0.15) is 6.04 Å². The van der Waals surface area contributed by atoms with Crippen molar-refractivity contribution in [1.29, 1.82) is 0 Å². The standard InChI is InChI=1S/C12H22N2O4S/c1-3-5-14(6-4-2)11(16)8-19-7-10(12(17)18)13-9-15/h9-10H,3-8H2,1-2H3,(H,13,15)(H,17,18). The Hall–Kier alpha value is -1.24. The zero-order chi connectivity index (χ0) is 14.7. The quantitative estimate of drug-likeness (QED) is 0.543. The largest absolute Gasteiger partial charge is 0.480 e. The summed E-state index contributed by atoms with van der Waals surface area (Å²) in [5, 5.41) is 11.0. The third kappa shape index (κ3) is 7.71. The van der Waals surface area contributed by atoms with E-state index in [1.54, 1.807) is 4.90 Å². The van der Waals surface area contributed by atoms with Gasteiger partial charge in [0, 0.05) is 18.8 Å². The molecule has 0 aliphatic rings. The summed E-state index contributed by atoms with van der Waals surface area (Å²) < 4.78 is 0. The molecule has 0 bridgehead atoms. The first-order valence-electron chi connectivity index (χ1n) is 6.34. The van der Waals surface area contributed by atoms with E-state index in [0.717, 1.165) is 25.9 Å². The molecule has 2 amide bonds. The predicted octanol–water partition coefficient (Wildman–Crippen LogP) is 0.567. The lowest BCUT2D eigenvalue weighted by Crippen LogP contribution is -2.39. The fourth-order valence-electron chi connectivity index (χ4n) is 1.53. The Balaban J connectivity index is 4.11. The van der Waals surface area contributed by atoms with E-state index in [1.165, 1.54) is 11.8 Å². The van der Waals surface area contributed by atoms with Gasteiger partial charge in [-0.3, -0.25) is 9.59 Å². The van der Waals surface area contributed by atoms with Crippen molar-refractivity contribution in [1.82, 2.24) is 10.2 Å². The molecule has 0 aromatic carbocycles. The van der Waals surface area contributed by atoms with E-state index in [0.29, 0.717) is 6.41 Å². The average Bonchev–Trinajstić information content (AvgIpc) is 2.37. The molecule has 0 fully saturated rings. The topological polar surface area (TPSA) is 86.7 Å². The summed E-state index contributed by atoms with van der Waals surface area (Å²) in [5.74, 6) is -0.647. The molecule has 0 radical (unpaired) electrons. The Morgan fingerprint density at radius 3 is 2.32 bits per heavy atom. The van der Waals surface area contributed by atoms with Crippen molar-refractivity contribution in [2.24, 2.45) is 0 Å². The SMILES string of the molecule is CCCN(CCC)C(=O)CSCC(NC=O)C(=O)O. The predicted molar refractivity (Wildman–Crippen MR) is 75.1 cm³/mol. The normalized spacial score (nSPS) is 11.7. The molecule has 1 atom stereocenters. The zero-order valence-corrected chi connectivity index (χ0v) is 12.2. The monoisotopic (exact) mass is 290 g/mol. The van der Waals surface area contributed by atoms with Crippen LogP contribution in [0.3, 0.4) is 0 Å². The van der Waals surface area contributed by atoms with Crippen LogP contribution in [0.4, 0.5) is 0 Å². The highest BCUT2D eigenvalue weighted by atomic mass is 32.2. The van der Waals surface area contributed by atoms with E-state index in [2.05, 4.69) is 5.32 Å². The van der Waals surface area contributed by atoms with Crippen LogP contribution in [0.1, 0.15) is 26.7 Å². The number of hydrogen-bond acceptors (Lipinski definition) is 4. The molecule has 7 heteroatoms.